The number of anilines is 1. The largest absolute Gasteiger partial charge is 0.462 e. The second kappa shape index (κ2) is 6.07. The number of carbonyl (C=O) groups excluding carboxylic acids is 1. The summed E-state index contributed by atoms with van der Waals surface area (Å²) in [6.45, 7) is 3.65. The molecule has 0 aliphatic carbocycles. The first kappa shape index (κ1) is 15.6. The van der Waals surface area contributed by atoms with E-state index in [-0.39, 0.29) is 28.9 Å². The van der Waals surface area contributed by atoms with Gasteiger partial charge in [0.1, 0.15) is 12.0 Å². The highest BCUT2D eigenvalue weighted by Gasteiger charge is 2.16. The SMILES string of the molecule is CCOC(=O)c1cc2c(=O)n(-c3cncnc3N)ccc2nc1C. The average Bonchev–Trinajstić information content (AvgIpc) is 2.56. The molecule has 0 amide bonds. The maximum Gasteiger partial charge on any atom is 0.339 e. The molecular weight excluding hydrogens is 310 g/mol. The molecular formula is C16H15N5O3. The summed E-state index contributed by atoms with van der Waals surface area (Å²) in [5, 5.41) is 0.286. The highest BCUT2D eigenvalue weighted by molar-refractivity contribution is 5.95. The Labute approximate surface area is 136 Å². The van der Waals surface area contributed by atoms with E-state index in [0.717, 1.165) is 0 Å². The van der Waals surface area contributed by atoms with E-state index in [9.17, 15) is 9.59 Å². The molecule has 0 aliphatic heterocycles. The van der Waals surface area contributed by atoms with E-state index in [1.807, 2.05) is 0 Å². The quantitative estimate of drug-likeness (QED) is 0.721. The van der Waals surface area contributed by atoms with Crippen LogP contribution in [0.2, 0.25) is 0 Å². The fraction of sp³-hybridized carbons (Fsp3) is 0.188. The summed E-state index contributed by atoms with van der Waals surface area (Å²) in [6, 6.07) is 3.17. The number of hydrogen-bond acceptors (Lipinski definition) is 7. The molecule has 0 saturated heterocycles. The normalized spacial score (nSPS) is 10.8. The van der Waals surface area contributed by atoms with Gasteiger partial charge in [0.25, 0.3) is 5.56 Å². The number of carbonyl (C=O) groups is 1. The van der Waals surface area contributed by atoms with Gasteiger partial charge in [0, 0.05) is 6.20 Å². The lowest BCUT2D eigenvalue weighted by molar-refractivity contribution is 0.0525. The number of rotatable bonds is 3. The topological polar surface area (TPSA) is 113 Å². The first-order valence-electron chi connectivity index (χ1n) is 7.29. The number of fused-ring (bicyclic) bond motifs is 1. The third kappa shape index (κ3) is 2.58. The predicted octanol–water partition coefficient (Wildman–Crippen LogP) is 1.24. The van der Waals surface area contributed by atoms with E-state index in [1.165, 1.54) is 23.2 Å². The molecule has 0 aliphatic rings. The van der Waals surface area contributed by atoms with Crippen LogP contribution in [-0.2, 0) is 4.74 Å². The Hall–Kier alpha value is -3.29. The predicted molar refractivity (Wildman–Crippen MR) is 88.0 cm³/mol. The van der Waals surface area contributed by atoms with Crippen molar-refractivity contribution in [1.29, 1.82) is 0 Å². The highest BCUT2D eigenvalue weighted by Crippen LogP contribution is 2.17. The van der Waals surface area contributed by atoms with Crippen LogP contribution in [-0.4, -0.2) is 32.1 Å². The summed E-state index contributed by atoms with van der Waals surface area (Å²) in [5.41, 5.74) is 7.05. The molecule has 0 saturated carbocycles. The highest BCUT2D eigenvalue weighted by atomic mass is 16.5. The molecule has 0 atom stereocenters. The zero-order valence-electron chi connectivity index (χ0n) is 13.2. The number of hydrogen-bond donors (Lipinski definition) is 1. The number of aromatic nitrogens is 4. The molecule has 0 radical (unpaired) electrons. The van der Waals surface area contributed by atoms with Crippen molar-refractivity contribution in [2.45, 2.75) is 13.8 Å². The minimum Gasteiger partial charge on any atom is -0.462 e. The minimum atomic E-state index is -0.512. The van der Waals surface area contributed by atoms with E-state index in [0.29, 0.717) is 16.9 Å². The van der Waals surface area contributed by atoms with Crippen LogP contribution in [0.25, 0.3) is 16.6 Å². The van der Waals surface area contributed by atoms with Crippen LogP contribution in [0.15, 0.2) is 35.6 Å². The van der Waals surface area contributed by atoms with E-state index in [4.69, 9.17) is 10.5 Å². The first-order chi connectivity index (χ1) is 11.5. The van der Waals surface area contributed by atoms with Crippen LogP contribution in [0.1, 0.15) is 23.0 Å². The van der Waals surface area contributed by atoms with Crippen LogP contribution in [0.3, 0.4) is 0 Å². The van der Waals surface area contributed by atoms with Gasteiger partial charge < -0.3 is 10.5 Å². The summed E-state index contributed by atoms with van der Waals surface area (Å²) in [5.74, 6) is -0.334. The summed E-state index contributed by atoms with van der Waals surface area (Å²) in [4.78, 5) is 36.9. The van der Waals surface area contributed by atoms with Crippen LogP contribution in [0.4, 0.5) is 5.82 Å². The number of nitrogens with two attached hydrogens (primary N) is 1. The Morgan fingerprint density at radius 2 is 2.21 bits per heavy atom. The monoisotopic (exact) mass is 325 g/mol. The Morgan fingerprint density at radius 3 is 2.92 bits per heavy atom. The molecule has 0 spiro atoms. The smallest absolute Gasteiger partial charge is 0.339 e. The second-order valence-corrected chi connectivity index (χ2v) is 5.06. The third-order valence-corrected chi connectivity index (χ3v) is 3.55. The summed E-state index contributed by atoms with van der Waals surface area (Å²) < 4.78 is 6.33. The molecule has 8 heteroatoms. The lowest BCUT2D eigenvalue weighted by Gasteiger charge is -2.10. The molecule has 0 aromatic carbocycles. The lowest BCUT2D eigenvalue weighted by atomic mass is 10.1. The van der Waals surface area contributed by atoms with E-state index >= 15 is 0 Å². The molecule has 0 bridgehead atoms. The maximum absolute atomic E-state index is 12.8. The molecule has 3 aromatic rings. The van der Waals surface area contributed by atoms with Crippen LogP contribution in [0, 0.1) is 6.92 Å². The third-order valence-electron chi connectivity index (χ3n) is 3.55. The number of nitrogens with zero attached hydrogens (tertiary/aromatic N) is 4. The van der Waals surface area contributed by atoms with Gasteiger partial charge in [-0.2, -0.15) is 0 Å². The van der Waals surface area contributed by atoms with Gasteiger partial charge in [0.2, 0.25) is 0 Å². The second-order valence-electron chi connectivity index (χ2n) is 5.06. The van der Waals surface area contributed by atoms with Crippen molar-refractivity contribution in [3.8, 4) is 5.69 Å². The van der Waals surface area contributed by atoms with E-state index in [1.54, 1.807) is 26.1 Å². The van der Waals surface area contributed by atoms with Crippen LogP contribution in [0.5, 0.6) is 0 Å². The summed E-state index contributed by atoms with van der Waals surface area (Å²) in [6.07, 6.45) is 4.30. The fourth-order valence-corrected chi connectivity index (χ4v) is 2.39. The van der Waals surface area contributed by atoms with Gasteiger partial charge >= 0.3 is 5.97 Å². The van der Waals surface area contributed by atoms with Gasteiger partial charge in [-0.05, 0) is 26.0 Å². The number of pyridine rings is 2. The van der Waals surface area contributed by atoms with E-state index in [2.05, 4.69) is 15.0 Å². The van der Waals surface area contributed by atoms with Crippen molar-refractivity contribution in [3.05, 3.63) is 52.5 Å². The average molecular weight is 325 g/mol. The molecule has 2 N–H and O–H groups in total. The van der Waals surface area contributed by atoms with Crippen molar-refractivity contribution in [1.82, 2.24) is 19.5 Å². The number of aryl methyl sites for hydroxylation is 1. The van der Waals surface area contributed by atoms with Gasteiger partial charge in [-0.25, -0.2) is 14.8 Å². The molecule has 0 unspecified atom stereocenters. The molecule has 122 valence electrons. The van der Waals surface area contributed by atoms with Crippen molar-refractivity contribution in [2.75, 3.05) is 12.3 Å². The van der Waals surface area contributed by atoms with Crippen molar-refractivity contribution >= 4 is 22.7 Å². The molecule has 3 rings (SSSR count). The summed E-state index contributed by atoms with van der Waals surface area (Å²) >= 11 is 0. The Kier molecular flexibility index (Phi) is 3.95. The van der Waals surface area contributed by atoms with Gasteiger partial charge in [-0.1, -0.05) is 0 Å². The van der Waals surface area contributed by atoms with Crippen LogP contribution < -0.4 is 11.3 Å². The molecule has 0 fully saturated rings. The van der Waals surface area contributed by atoms with Crippen LogP contribution >= 0.6 is 0 Å². The minimum absolute atomic E-state index is 0.178. The molecule has 8 nitrogen and oxygen atoms in total. The fourth-order valence-electron chi connectivity index (χ4n) is 2.39. The lowest BCUT2D eigenvalue weighted by Crippen LogP contribution is -2.20. The Morgan fingerprint density at radius 1 is 1.42 bits per heavy atom. The molecule has 24 heavy (non-hydrogen) atoms. The van der Waals surface area contributed by atoms with Gasteiger partial charge in [0.05, 0.1) is 35.0 Å². The first-order valence-corrected chi connectivity index (χ1v) is 7.29. The Bertz CT molecular complexity index is 997. The zero-order chi connectivity index (χ0) is 17.3. The maximum atomic E-state index is 12.8. The number of ether oxygens (including phenoxy) is 1. The standard InChI is InChI=1S/C16H15N5O3/c1-3-24-16(23)10-6-11-12(20-9(10)2)4-5-21(15(11)22)13-7-18-8-19-14(13)17/h4-8H,3H2,1-2H3,(H2,17,18,19). The van der Waals surface area contributed by atoms with Crippen molar-refractivity contribution in [3.63, 3.8) is 0 Å². The van der Waals surface area contributed by atoms with Crippen molar-refractivity contribution < 1.29 is 9.53 Å². The van der Waals surface area contributed by atoms with Gasteiger partial charge in [-0.3, -0.25) is 14.3 Å². The van der Waals surface area contributed by atoms with Gasteiger partial charge in [-0.15, -0.1) is 0 Å². The summed E-state index contributed by atoms with van der Waals surface area (Å²) in [7, 11) is 0. The number of esters is 1. The Balaban J connectivity index is 2.25. The van der Waals surface area contributed by atoms with Gasteiger partial charge in [0.15, 0.2) is 5.82 Å². The number of nitrogen functional groups attached to an aromatic ring is 1. The molecule has 3 heterocycles. The van der Waals surface area contributed by atoms with E-state index < -0.39 is 5.97 Å². The zero-order valence-corrected chi connectivity index (χ0v) is 13.2. The van der Waals surface area contributed by atoms with Crippen molar-refractivity contribution in [2.24, 2.45) is 0 Å². The molecule has 3 aromatic heterocycles.